The van der Waals surface area contributed by atoms with E-state index in [2.05, 4.69) is 44.0 Å². The second-order valence-corrected chi connectivity index (χ2v) is 14.1. The second kappa shape index (κ2) is 11.1. The molecule has 2 N–H and O–H groups in total. The molecule has 0 aromatic heterocycles. The third-order valence-electron chi connectivity index (χ3n) is 11.9. The van der Waals surface area contributed by atoms with E-state index in [-0.39, 0.29) is 18.1 Å². The number of rotatable bonds is 9. The smallest absolute Gasteiger partial charge is 0.237 e. The highest BCUT2D eigenvalue weighted by molar-refractivity contribution is 5.81. The van der Waals surface area contributed by atoms with Gasteiger partial charge < -0.3 is 10.4 Å². The Balaban J connectivity index is 1.36. The van der Waals surface area contributed by atoms with Crippen molar-refractivity contribution in [1.29, 1.82) is 0 Å². The van der Waals surface area contributed by atoms with Crippen LogP contribution < -0.4 is 5.32 Å². The lowest BCUT2D eigenvalue weighted by Crippen LogP contribution is -2.50. The number of nitrogens with one attached hydrogen (secondary N) is 1. The molecule has 206 valence electrons. The van der Waals surface area contributed by atoms with Gasteiger partial charge in [0, 0.05) is 6.54 Å². The highest BCUT2D eigenvalue weighted by Crippen LogP contribution is 2.67. The standard InChI is InChI=1S/C32H56N2O2/c1-8-33-30(36)29(34(6)7)22(3)11-9-10-21(2)26-14-15-27-25-13-12-23-20-24(35)16-18-31(23,4)28(25)17-19-32(26,27)5/h12,21-22,24-29,35H,8-11,13-20H2,1-7H3,(H,33,36)/t21-,22?,24+,25+,26-,27+,28+,29?,31+,32-/m1/s1. The number of hydrogen-bond acceptors (Lipinski definition) is 3. The number of likely N-dealkylation sites (N-methyl/N-ethyl adjacent to an activating group) is 2. The lowest BCUT2D eigenvalue weighted by molar-refractivity contribution is -0.127. The van der Waals surface area contributed by atoms with E-state index in [4.69, 9.17) is 0 Å². The molecular weight excluding hydrogens is 444 g/mol. The van der Waals surface area contributed by atoms with Gasteiger partial charge in [0.1, 0.15) is 0 Å². The van der Waals surface area contributed by atoms with Crippen LogP contribution in [0.1, 0.15) is 105 Å². The van der Waals surface area contributed by atoms with Gasteiger partial charge in [0.05, 0.1) is 12.1 Å². The van der Waals surface area contributed by atoms with Crippen molar-refractivity contribution in [2.24, 2.45) is 46.3 Å². The van der Waals surface area contributed by atoms with Gasteiger partial charge in [0.15, 0.2) is 0 Å². The Kier molecular flexibility index (Phi) is 8.67. The van der Waals surface area contributed by atoms with Crippen LogP contribution in [0.15, 0.2) is 11.6 Å². The van der Waals surface area contributed by atoms with E-state index in [1.165, 1.54) is 51.4 Å². The summed E-state index contributed by atoms with van der Waals surface area (Å²) in [5.74, 6) is 4.72. The zero-order chi connectivity index (χ0) is 26.3. The van der Waals surface area contributed by atoms with Crippen LogP contribution in [0, 0.1) is 46.3 Å². The first kappa shape index (κ1) is 28.1. The molecule has 3 fully saturated rings. The highest BCUT2D eigenvalue weighted by Gasteiger charge is 2.59. The summed E-state index contributed by atoms with van der Waals surface area (Å²) in [6.45, 7) is 12.7. The van der Waals surface area contributed by atoms with Crippen molar-refractivity contribution in [3.05, 3.63) is 11.6 Å². The monoisotopic (exact) mass is 500 g/mol. The molecule has 4 aliphatic rings. The molecule has 0 spiro atoms. The minimum Gasteiger partial charge on any atom is -0.393 e. The number of hydrogen-bond donors (Lipinski definition) is 2. The van der Waals surface area contributed by atoms with E-state index in [0.29, 0.717) is 23.3 Å². The fraction of sp³-hybridized carbons (Fsp3) is 0.906. The van der Waals surface area contributed by atoms with Crippen LogP contribution in [0.25, 0.3) is 0 Å². The summed E-state index contributed by atoms with van der Waals surface area (Å²) in [6, 6.07) is -0.0320. The topological polar surface area (TPSA) is 52.6 Å². The average molecular weight is 501 g/mol. The van der Waals surface area contributed by atoms with Gasteiger partial charge in [-0.25, -0.2) is 0 Å². The highest BCUT2D eigenvalue weighted by atomic mass is 16.3. The van der Waals surface area contributed by atoms with Crippen LogP contribution in [0.5, 0.6) is 0 Å². The van der Waals surface area contributed by atoms with Crippen LogP contribution in [0.4, 0.5) is 0 Å². The van der Waals surface area contributed by atoms with Crippen molar-refractivity contribution < 1.29 is 9.90 Å². The molecule has 0 radical (unpaired) electrons. The maximum absolute atomic E-state index is 12.6. The van der Waals surface area contributed by atoms with E-state index in [1.807, 2.05) is 21.0 Å². The summed E-state index contributed by atoms with van der Waals surface area (Å²) < 4.78 is 0. The quantitative estimate of drug-likeness (QED) is 0.358. The number of aliphatic hydroxyl groups excluding tert-OH is 1. The molecule has 10 atom stereocenters. The van der Waals surface area contributed by atoms with Crippen molar-refractivity contribution in [2.75, 3.05) is 20.6 Å². The number of allylic oxidation sites excluding steroid dienone is 1. The number of nitrogens with zero attached hydrogens (tertiary/aromatic N) is 1. The lowest BCUT2D eigenvalue weighted by atomic mass is 9.47. The number of amides is 1. The predicted octanol–water partition coefficient (Wildman–Crippen LogP) is 6.44. The lowest BCUT2D eigenvalue weighted by Gasteiger charge is -2.58. The number of carbonyl (C=O) groups is 1. The van der Waals surface area contributed by atoms with E-state index >= 15 is 0 Å². The third-order valence-corrected chi connectivity index (χ3v) is 11.9. The summed E-state index contributed by atoms with van der Waals surface area (Å²) in [5, 5.41) is 13.3. The van der Waals surface area contributed by atoms with E-state index in [9.17, 15) is 9.90 Å². The zero-order valence-electron chi connectivity index (χ0n) is 24.5. The fourth-order valence-electron chi connectivity index (χ4n) is 10.0. The van der Waals surface area contributed by atoms with Crippen molar-refractivity contribution in [1.82, 2.24) is 10.2 Å². The Morgan fingerprint density at radius 3 is 2.56 bits per heavy atom. The molecule has 0 aliphatic heterocycles. The van der Waals surface area contributed by atoms with Gasteiger partial charge in [0.25, 0.3) is 0 Å². The molecule has 0 aromatic carbocycles. The zero-order valence-corrected chi connectivity index (χ0v) is 24.5. The fourth-order valence-corrected chi connectivity index (χ4v) is 10.0. The van der Waals surface area contributed by atoms with Gasteiger partial charge >= 0.3 is 0 Å². The predicted molar refractivity (Wildman–Crippen MR) is 150 cm³/mol. The summed E-state index contributed by atoms with van der Waals surface area (Å²) in [7, 11) is 4.07. The molecular formula is C32H56N2O2. The summed E-state index contributed by atoms with van der Waals surface area (Å²) in [4.78, 5) is 14.7. The molecule has 4 heteroatoms. The van der Waals surface area contributed by atoms with E-state index in [1.54, 1.807) is 5.57 Å². The number of aliphatic hydroxyl groups is 1. The van der Waals surface area contributed by atoms with Crippen molar-refractivity contribution in [3.63, 3.8) is 0 Å². The molecule has 0 bridgehead atoms. The molecule has 0 aromatic rings. The van der Waals surface area contributed by atoms with Crippen LogP contribution in [-0.4, -0.2) is 48.7 Å². The van der Waals surface area contributed by atoms with Gasteiger partial charge in [-0.2, -0.15) is 0 Å². The molecule has 1 amide bonds. The Hall–Kier alpha value is -0.870. The maximum atomic E-state index is 12.6. The molecule has 0 heterocycles. The largest absolute Gasteiger partial charge is 0.393 e. The minimum atomic E-state index is -0.108. The molecule has 3 saturated carbocycles. The first-order valence-corrected chi connectivity index (χ1v) is 15.3. The second-order valence-electron chi connectivity index (χ2n) is 14.1. The van der Waals surface area contributed by atoms with Gasteiger partial charge in [-0.1, -0.05) is 52.2 Å². The Labute approximate surface area is 222 Å². The first-order valence-electron chi connectivity index (χ1n) is 15.3. The molecule has 2 unspecified atom stereocenters. The van der Waals surface area contributed by atoms with Crippen LogP contribution >= 0.6 is 0 Å². The molecule has 36 heavy (non-hydrogen) atoms. The Morgan fingerprint density at radius 1 is 1.11 bits per heavy atom. The Morgan fingerprint density at radius 2 is 1.86 bits per heavy atom. The van der Waals surface area contributed by atoms with Gasteiger partial charge in [0.2, 0.25) is 5.91 Å². The number of carbonyl (C=O) groups excluding carboxylic acids is 1. The summed E-state index contributed by atoms with van der Waals surface area (Å²) in [6.07, 6.45) is 16.1. The van der Waals surface area contributed by atoms with Gasteiger partial charge in [-0.3, -0.25) is 9.69 Å². The Bertz CT molecular complexity index is 808. The first-order chi connectivity index (χ1) is 17.0. The van der Waals surface area contributed by atoms with Gasteiger partial charge in [-0.15, -0.1) is 0 Å². The molecule has 4 rings (SSSR count). The third kappa shape index (κ3) is 5.07. The molecule has 0 saturated heterocycles. The molecule has 4 aliphatic carbocycles. The maximum Gasteiger partial charge on any atom is 0.237 e. The normalized spacial score (nSPS) is 40.5. The van der Waals surface area contributed by atoms with Crippen LogP contribution in [-0.2, 0) is 4.79 Å². The summed E-state index contributed by atoms with van der Waals surface area (Å²) in [5.41, 5.74) is 2.43. The van der Waals surface area contributed by atoms with Crippen LogP contribution in [0.2, 0.25) is 0 Å². The van der Waals surface area contributed by atoms with E-state index in [0.717, 1.165) is 48.9 Å². The van der Waals surface area contributed by atoms with Crippen molar-refractivity contribution in [3.8, 4) is 0 Å². The molecule has 4 nitrogen and oxygen atoms in total. The van der Waals surface area contributed by atoms with Crippen LogP contribution in [0.3, 0.4) is 0 Å². The van der Waals surface area contributed by atoms with Crippen molar-refractivity contribution >= 4 is 5.91 Å². The SMILES string of the molecule is CCNC(=O)C(C(C)CCC[C@@H](C)[C@H]1CC[C@H]2[C@@H]3CC=C4C[C@@H](O)CC[C@]4(C)[C@H]3CC[C@]12C)N(C)C. The number of fused-ring (bicyclic) bond motifs is 5. The summed E-state index contributed by atoms with van der Waals surface area (Å²) >= 11 is 0. The van der Waals surface area contributed by atoms with Crippen molar-refractivity contribution in [2.45, 2.75) is 117 Å². The average Bonchev–Trinajstić information content (AvgIpc) is 3.17. The van der Waals surface area contributed by atoms with Gasteiger partial charge in [-0.05, 0) is 125 Å². The minimum absolute atomic E-state index is 0.0320. The van der Waals surface area contributed by atoms with E-state index < -0.39 is 0 Å².